The lowest BCUT2D eigenvalue weighted by molar-refractivity contribution is 0.768. The van der Waals surface area contributed by atoms with Gasteiger partial charge in [0.15, 0.2) is 5.82 Å². The molecule has 0 fully saturated rings. The van der Waals surface area contributed by atoms with Crippen molar-refractivity contribution in [1.29, 1.82) is 0 Å². The van der Waals surface area contributed by atoms with E-state index in [0.717, 1.165) is 38.7 Å². The van der Waals surface area contributed by atoms with E-state index in [1.54, 1.807) is 0 Å². The van der Waals surface area contributed by atoms with Crippen LogP contribution in [0.4, 0.5) is 0 Å². The average Bonchev–Trinajstić information content (AvgIpc) is 3.16. The number of rotatable bonds is 3. The summed E-state index contributed by atoms with van der Waals surface area (Å²) in [6, 6.07) is 13.9. The number of hydrogen-bond acceptors (Lipinski definition) is 3. The van der Waals surface area contributed by atoms with Gasteiger partial charge < -0.3 is 4.57 Å². The summed E-state index contributed by atoms with van der Waals surface area (Å²) in [6.07, 6.45) is 1.81. The molecule has 0 spiro atoms. The van der Waals surface area contributed by atoms with Crippen molar-refractivity contribution in [3.05, 3.63) is 65.1 Å². The van der Waals surface area contributed by atoms with Gasteiger partial charge in [0.1, 0.15) is 5.82 Å². The lowest BCUT2D eigenvalue weighted by Gasteiger charge is -2.09. The molecule has 23 heavy (non-hydrogen) atoms. The predicted molar refractivity (Wildman–Crippen MR) is 90.4 cm³/mol. The molecule has 0 aliphatic rings. The summed E-state index contributed by atoms with van der Waals surface area (Å²) >= 11 is 5.96. The van der Waals surface area contributed by atoms with E-state index in [0.29, 0.717) is 6.54 Å². The maximum atomic E-state index is 5.96. The molecule has 2 aromatic carbocycles. The zero-order chi connectivity index (χ0) is 15.8. The Bertz CT molecular complexity index is 968. The van der Waals surface area contributed by atoms with Gasteiger partial charge in [-0.05, 0) is 42.8 Å². The van der Waals surface area contributed by atoms with Crippen LogP contribution in [0.2, 0.25) is 5.02 Å². The Morgan fingerprint density at radius 1 is 1.09 bits per heavy atom. The number of nitrogens with one attached hydrogen (secondary N) is 1. The third-order valence-corrected chi connectivity index (χ3v) is 4.14. The van der Waals surface area contributed by atoms with E-state index < -0.39 is 0 Å². The monoisotopic (exact) mass is 323 g/mol. The number of H-pyrrole nitrogens is 1. The molecule has 0 unspecified atom stereocenters. The summed E-state index contributed by atoms with van der Waals surface area (Å²) in [7, 11) is 0. The molecular formula is C17H14ClN5. The van der Waals surface area contributed by atoms with Crippen LogP contribution < -0.4 is 0 Å². The smallest absolute Gasteiger partial charge is 0.164 e. The maximum Gasteiger partial charge on any atom is 0.164 e. The number of aryl methyl sites for hydroxylation is 1. The summed E-state index contributed by atoms with van der Waals surface area (Å²) in [5.41, 5.74) is 3.19. The minimum Gasteiger partial charge on any atom is -0.307 e. The van der Waals surface area contributed by atoms with Gasteiger partial charge in [0, 0.05) is 16.0 Å². The topological polar surface area (TPSA) is 59.4 Å². The molecule has 114 valence electrons. The van der Waals surface area contributed by atoms with Crippen LogP contribution in [0.15, 0.2) is 48.7 Å². The lowest BCUT2D eigenvalue weighted by Crippen LogP contribution is -2.04. The molecule has 0 bridgehead atoms. The minimum atomic E-state index is 0.703. The van der Waals surface area contributed by atoms with E-state index in [1.165, 1.54) is 0 Å². The molecule has 0 atom stereocenters. The number of aromatic nitrogens is 5. The number of halogens is 1. The molecule has 0 aliphatic carbocycles. The first-order valence-corrected chi connectivity index (χ1v) is 7.66. The van der Waals surface area contributed by atoms with Gasteiger partial charge in [0.05, 0.1) is 18.3 Å². The molecule has 1 N–H and O–H groups in total. The quantitative estimate of drug-likeness (QED) is 0.623. The van der Waals surface area contributed by atoms with Crippen molar-refractivity contribution in [3.63, 3.8) is 0 Å². The highest BCUT2D eigenvalue weighted by molar-refractivity contribution is 6.30. The number of aromatic amines is 1. The Hall–Kier alpha value is -2.66. The van der Waals surface area contributed by atoms with Gasteiger partial charge >= 0.3 is 0 Å². The molecule has 0 saturated carbocycles. The molecule has 0 amide bonds. The third kappa shape index (κ3) is 2.59. The van der Waals surface area contributed by atoms with Crippen molar-refractivity contribution in [1.82, 2.24) is 25.0 Å². The molecule has 2 aromatic heterocycles. The molecule has 0 saturated heterocycles. The third-order valence-electron chi connectivity index (χ3n) is 3.89. The first-order valence-electron chi connectivity index (χ1n) is 7.28. The molecule has 4 rings (SSSR count). The van der Waals surface area contributed by atoms with Crippen LogP contribution in [0.5, 0.6) is 0 Å². The van der Waals surface area contributed by atoms with Gasteiger partial charge in [-0.2, -0.15) is 5.10 Å². The van der Waals surface area contributed by atoms with Gasteiger partial charge in [-0.15, -0.1) is 10.2 Å². The maximum absolute atomic E-state index is 5.96. The molecular weight excluding hydrogens is 310 g/mol. The fraction of sp³-hybridized carbons (Fsp3) is 0.118. The predicted octanol–water partition coefficient (Wildman–Crippen LogP) is 3.83. The lowest BCUT2D eigenvalue weighted by atomic mass is 10.1. The van der Waals surface area contributed by atoms with Crippen molar-refractivity contribution >= 4 is 22.5 Å². The van der Waals surface area contributed by atoms with E-state index in [2.05, 4.69) is 31.0 Å². The van der Waals surface area contributed by atoms with E-state index in [1.807, 2.05) is 49.5 Å². The Kier molecular flexibility index (Phi) is 3.35. The van der Waals surface area contributed by atoms with Crippen molar-refractivity contribution in [2.24, 2.45) is 0 Å². The van der Waals surface area contributed by atoms with Crippen LogP contribution in [0.3, 0.4) is 0 Å². The van der Waals surface area contributed by atoms with Crippen molar-refractivity contribution in [2.75, 3.05) is 0 Å². The Morgan fingerprint density at radius 2 is 1.91 bits per heavy atom. The van der Waals surface area contributed by atoms with Crippen LogP contribution in [-0.2, 0) is 6.54 Å². The van der Waals surface area contributed by atoms with Gasteiger partial charge in [-0.1, -0.05) is 23.7 Å². The number of fused-ring (bicyclic) bond motifs is 1. The molecule has 0 radical (unpaired) electrons. The van der Waals surface area contributed by atoms with E-state index in [9.17, 15) is 0 Å². The van der Waals surface area contributed by atoms with Crippen LogP contribution in [0, 0.1) is 6.92 Å². The van der Waals surface area contributed by atoms with Gasteiger partial charge in [0.25, 0.3) is 0 Å². The van der Waals surface area contributed by atoms with Gasteiger partial charge in [0.2, 0.25) is 0 Å². The number of nitrogens with zero attached hydrogens (tertiary/aromatic N) is 4. The summed E-state index contributed by atoms with van der Waals surface area (Å²) in [5, 5.41) is 17.4. The van der Waals surface area contributed by atoms with Crippen LogP contribution in [-0.4, -0.2) is 25.0 Å². The van der Waals surface area contributed by atoms with E-state index in [4.69, 9.17) is 11.6 Å². The van der Waals surface area contributed by atoms with Gasteiger partial charge in [-0.3, -0.25) is 5.10 Å². The first-order chi connectivity index (χ1) is 11.2. The van der Waals surface area contributed by atoms with Crippen molar-refractivity contribution in [2.45, 2.75) is 13.5 Å². The van der Waals surface area contributed by atoms with Gasteiger partial charge in [-0.25, -0.2) is 0 Å². The summed E-state index contributed by atoms with van der Waals surface area (Å²) in [5.74, 6) is 1.72. The Balaban J connectivity index is 1.76. The van der Waals surface area contributed by atoms with E-state index in [-0.39, 0.29) is 0 Å². The van der Waals surface area contributed by atoms with Crippen LogP contribution >= 0.6 is 11.6 Å². The summed E-state index contributed by atoms with van der Waals surface area (Å²) in [6.45, 7) is 2.66. The Labute approximate surface area is 137 Å². The fourth-order valence-corrected chi connectivity index (χ4v) is 2.76. The Morgan fingerprint density at radius 3 is 2.74 bits per heavy atom. The number of hydrogen-bond donors (Lipinski definition) is 1. The number of benzene rings is 2. The largest absolute Gasteiger partial charge is 0.307 e. The minimum absolute atomic E-state index is 0.703. The van der Waals surface area contributed by atoms with Crippen molar-refractivity contribution in [3.8, 4) is 11.4 Å². The average molecular weight is 324 g/mol. The molecule has 2 heterocycles. The standard InChI is InChI=1S/C17H14ClN5/c1-11-20-22-17(13-4-7-16-14(8-13)9-19-21-16)23(11)10-12-2-5-15(18)6-3-12/h2-9H,10H2,1H3,(H,19,21). The zero-order valence-corrected chi connectivity index (χ0v) is 13.2. The summed E-state index contributed by atoms with van der Waals surface area (Å²) in [4.78, 5) is 0. The first kappa shape index (κ1) is 14.0. The fourth-order valence-electron chi connectivity index (χ4n) is 2.64. The highest BCUT2D eigenvalue weighted by Crippen LogP contribution is 2.23. The molecule has 6 heteroatoms. The highest BCUT2D eigenvalue weighted by Gasteiger charge is 2.12. The highest BCUT2D eigenvalue weighted by atomic mass is 35.5. The van der Waals surface area contributed by atoms with Crippen molar-refractivity contribution < 1.29 is 0 Å². The van der Waals surface area contributed by atoms with Crippen LogP contribution in [0.1, 0.15) is 11.4 Å². The molecule has 5 nitrogen and oxygen atoms in total. The second-order valence-corrected chi connectivity index (χ2v) is 5.89. The SMILES string of the molecule is Cc1nnc(-c2ccc3[nH]ncc3c2)n1Cc1ccc(Cl)cc1. The molecule has 4 aromatic rings. The second kappa shape index (κ2) is 5.52. The normalized spacial score (nSPS) is 11.2. The van der Waals surface area contributed by atoms with E-state index >= 15 is 0 Å². The van der Waals surface area contributed by atoms with Crippen LogP contribution in [0.25, 0.3) is 22.3 Å². The molecule has 0 aliphatic heterocycles. The second-order valence-electron chi connectivity index (χ2n) is 5.46. The zero-order valence-electron chi connectivity index (χ0n) is 12.5. The summed E-state index contributed by atoms with van der Waals surface area (Å²) < 4.78 is 2.10.